The average Bonchev–Trinajstić information content (AvgIpc) is 3.34. The molecule has 138 valence electrons. The Morgan fingerprint density at radius 2 is 1.85 bits per heavy atom. The molecule has 0 bridgehead atoms. The number of hydrogen-bond donors (Lipinski definition) is 2. The van der Waals surface area contributed by atoms with E-state index in [4.69, 9.17) is 0 Å². The lowest BCUT2D eigenvalue weighted by Crippen LogP contribution is -2.42. The van der Waals surface area contributed by atoms with Crippen LogP contribution in [0.1, 0.15) is 24.5 Å². The molecule has 1 amide bonds. The van der Waals surface area contributed by atoms with Gasteiger partial charge in [-0.05, 0) is 50.2 Å². The van der Waals surface area contributed by atoms with E-state index in [9.17, 15) is 9.90 Å². The van der Waals surface area contributed by atoms with Gasteiger partial charge in [0, 0.05) is 23.9 Å². The fourth-order valence-corrected chi connectivity index (χ4v) is 3.57. The number of phenolic OH excluding ortho intramolecular Hbond substituents is 1. The third-order valence-corrected chi connectivity index (χ3v) is 5.64. The van der Waals surface area contributed by atoms with Gasteiger partial charge in [-0.1, -0.05) is 49.4 Å². The van der Waals surface area contributed by atoms with Gasteiger partial charge in [0.15, 0.2) is 0 Å². The smallest absolute Gasteiger partial charge is 0.224 e. The Morgan fingerprint density at radius 3 is 2.46 bits per heavy atom. The Morgan fingerprint density at radius 1 is 1.19 bits per heavy atom. The summed E-state index contributed by atoms with van der Waals surface area (Å²) in [6.45, 7) is 2.79. The van der Waals surface area contributed by atoms with Gasteiger partial charge in [-0.15, -0.1) is 0 Å². The van der Waals surface area contributed by atoms with E-state index in [0.717, 1.165) is 18.4 Å². The van der Waals surface area contributed by atoms with E-state index in [-0.39, 0.29) is 29.0 Å². The normalized spacial score (nSPS) is 22.8. The van der Waals surface area contributed by atoms with Crippen LogP contribution in [0, 0.1) is 5.92 Å². The van der Waals surface area contributed by atoms with Gasteiger partial charge in [0.05, 0.1) is 0 Å². The zero-order valence-electron chi connectivity index (χ0n) is 15.8. The van der Waals surface area contributed by atoms with Crippen molar-refractivity contribution in [3.63, 3.8) is 0 Å². The van der Waals surface area contributed by atoms with Crippen molar-refractivity contribution in [3.8, 4) is 5.75 Å². The fraction of sp³-hybridized carbons (Fsp3) is 0.409. The van der Waals surface area contributed by atoms with Crippen molar-refractivity contribution in [2.45, 2.75) is 31.2 Å². The van der Waals surface area contributed by atoms with Gasteiger partial charge in [0.1, 0.15) is 5.75 Å². The van der Waals surface area contributed by atoms with Crippen LogP contribution in [0.2, 0.25) is 0 Å². The number of aromatic hydroxyl groups is 1. The molecule has 4 heteroatoms. The maximum absolute atomic E-state index is 12.7. The van der Waals surface area contributed by atoms with Gasteiger partial charge >= 0.3 is 0 Å². The van der Waals surface area contributed by atoms with Crippen molar-refractivity contribution in [1.29, 1.82) is 0 Å². The highest BCUT2D eigenvalue weighted by atomic mass is 16.3. The van der Waals surface area contributed by atoms with Crippen molar-refractivity contribution >= 4 is 5.91 Å². The third-order valence-electron chi connectivity index (χ3n) is 5.64. The van der Waals surface area contributed by atoms with Crippen LogP contribution in [0.4, 0.5) is 0 Å². The van der Waals surface area contributed by atoms with Crippen LogP contribution in [-0.2, 0) is 16.6 Å². The second-order valence-electron chi connectivity index (χ2n) is 7.77. The highest BCUT2D eigenvalue weighted by Crippen LogP contribution is 2.53. The van der Waals surface area contributed by atoms with Gasteiger partial charge in [-0.25, -0.2) is 0 Å². The first-order valence-electron chi connectivity index (χ1n) is 9.18. The standard InChI is InChI=1S/C22H28N2O2/c1-22(17-7-5-4-6-8-17)14-20(22)21(26)23-15-18(24(2)3)13-16-9-11-19(25)12-10-16/h4-12,18,20,25H,13-15H2,1-3H3,(H,23,26)/t18?,20-,22-/m0/s1. The minimum atomic E-state index is -0.0318. The van der Waals surface area contributed by atoms with E-state index in [1.165, 1.54) is 5.56 Å². The number of carbonyl (C=O) groups excluding carboxylic acids is 1. The summed E-state index contributed by atoms with van der Waals surface area (Å²) in [5.41, 5.74) is 2.36. The number of benzene rings is 2. The number of phenols is 1. The van der Waals surface area contributed by atoms with Crippen LogP contribution in [-0.4, -0.2) is 42.6 Å². The van der Waals surface area contributed by atoms with Gasteiger partial charge in [-0.2, -0.15) is 0 Å². The summed E-state index contributed by atoms with van der Waals surface area (Å²) in [7, 11) is 4.06. The van der Waals surface area contributed by atoms with Crippen LogP contribution >= 0.6 is 0 Å². The summed E-state index contributed by atoms with van der Waals surface area (Å²) in [5.74, 6) is 0.479. The molecule has 0 saturated heterocycles. The zero-order chi connectivity index (χ0) is 18.7. The molecule has 2 aromatic carbocycles. The van der Waals surface area contributed by atoms with Crippen LogP contribution in [0.3, 0.4) is 0 Å². The average molecular weight is 352 g/mol. The Labute approximate surface area is 155 Å². The van der Waals surface area contributed by atoms with Crippen molar-refractivity contribution in [3.05, 3.63) is 65.7 Å². The van der Waals surface area contributed by atoms with Crippen LogP contribution in [0.5, 0.6) is 5.75 Å². The molecular weight excluding hydrogens is 324 g/mol. The molecule has 0 aliphatic heterocycles. The topological polar surface area (TPSA) is 52.6 Å². The van der Waals surface area contributed by atoms with E-state index in [0.29, 0.717) is 6.54 Å². The van der Waals surface area contributed by atoms with E-state index in [2.05, 4.69) is 29.3 Å². The highest BCUT2D eigenvalue weighted by Gasteiger charge is 2.55. The summed E-state index contributed by atoms with van der Waals surface area (Å²) in [6, 6.07) is 17.8. The van der Waals surface area contributed by atoms with Crippen LogP contribution in [0.25, 0.3) is 0 Å². The lowest BCUT2D eigenvalue weighted by Gasteiger charge is -2.25. The Kier molecular flexibility index (Phi) is 5.33. The summed E-state index contributed by atoms with van der Waals surface area (Å²) in [4.78, 5) is 14.8. The Hall–Kier alpha value is -2.33. The van der Waals surface area contributed by atoms with E-state index in [1.54, 1.807) is 12.1 Å². The third kappa shape index (κ3) is 4.07. The molecule has 2 aromatic rings. The number of carbonyl (C=O) groups is 1. The second-order valence-corrected chi connectivity index (χ2v) is 7.77. The number of nitrogens with one attached hydrogen (secondary N) is 1. The maximum atomic E-state index is 12.7. The van der Waals surface area contributed by atoms with Gasteiger partial charge in [0.2, 0.25) is 5.91 Å². The first-order valence-corrected chi connectivity index (χ1v) is 9.18. The summed E-state index contributed by atoms with van der Waals surface area (Å²) >= 11 is 0. The first-order chi connectivity index (χ1) is 12.4. The molecule has 26 heavy (non-hydrogen) atoms. The molecule has 0 spiro atoms. The summed E-state index contributed by atoms with van der Waals surface area (Å²) in [6.07, 6.45) is 1.74. The Balaban J connectivity index is 1.56. The minimum Gasteiger partial charge on any atom is -0.508 e. The second kappa shape index (κ2) is 7.50. The maximum Gasteiger partial charge on any atom is 0.224 e. The molecule has 0 heterocycles. The molecule has 1 saturated carbocycles. The van der Waals surface area contributed by atoms with Crippen molar-refractivity contribution in [2.75, 3.05) is 20.6 Å². The van der Waals surface area contributed by atoms with E-state index >= 15 is 0 Å². The molecule has 1 aliphatic rings. The van der Waals surface area contributed by atoms with E-state index in [1.807, 2.05) is 44.4 Å². The number of amides is 1. The lowest BCUT2D eigenvalue weighted by atomic mass is 9.95. The predicted octanol–water partition coefficient (Wildman–Crippen LogP) is 2.96. The van der Waals surface area contributed by atoms with Crippen LogP contribution in [0.15, 0.2) is 54.6 Å². The molecule has 1 unspecified atom stereocenters. The SMILES string of the molecule is CN(C)C(CNC(=O)[C@@H]1C[C@@]1(C)c1ccccc1)Cc1ccc(O)cc1. The summed E-state index contributed by atoms with van der Waals surface area (Å²) in [5, 5.41) is 12.6. The van der Waals surface area contributed by atoms with Crippen molar-refractivity contribution in [1.82, 2.24) is 10.2 Å². The van der Waals surface area contributed by atoms with Gasteiger partial charge < -0.3 is 15.3 Å². The molecule has 3 rings (SSSR count). The quantitative estimate of drug-likeness (QED) is 0.805. The highest BCUT2D eigenvalue weighted by molar-refractivity contribution is 5.84. The molecule has 1 aliphatic carbocycles. The fourth-order valence-electron chi connectivity index (χ4n) is 3.57. The van der Waals surface area contributed by atoms with Gasteiger partial charge in [-0.3, -0.25) is 4.79 Å². The molecule has 0 aromatic heterocycles. The molecule has 3 atom stereocenters. The monoisotopic (exact) mass is 352 g/mol. The molecule has 4 nitrogen and oxygen atoms in total. The molecule has 2 N–H and O–H groups in total. The lowest BCUT2D eigenvalue weighted by molar-refractivity contribution is -0.122. The molecular formula is C22H28N2O2. The van der Waals surface area contributed by atoms with Crippen molar-refractivity contribution < 1.29 is 9.90 Å². The number of hydrogen-bond acceptors (Lipinski definition) is 3. The molecule has 0 radical (unpaired) electrons. The van der Waals surface area contributed by atoms with E-state index < -0.39 is 0 Å². The first kappa shape index (κ1) is 18.5. The zero-order valence-corrected chi connectivity index (χ0v) is 15.8. The Bertz CT molecular complexity index is 742. The number of rotatable bonds is 7. The van der Waals surface area contributed by atoms with Gasteiger partial charge in [0.25, 0.3) is 0 Å². The predicted molar refractivity (Wildman–Crippen MR) is 104 cm³/mol. The number of nitrogens with zero attached hydrogens (tertiary/aromatic N) is 1. The minimum absolute atomic E-state index is 0.0318. The molecule has 1 fully saturated rings. The largest absolute Gasteiger partial charge is 0.508 e. The van der Waals surface area contributed by atoms with Crippen LogP contribution < -0.4 is 5.32 Å². The summed E-state index contributed by atoms with van der Waals surface area (Å²) < 4.78 is 0. The van der Waals surface area contributed by atoms with Crippen molar-refractivity contribution in [2.24, 2.45) is 5.92 Å². The number of likely N-dealkylation sites (N-methyl/N-ethyl adjacent to an activating group) is 1.